The molecule has 1 amide bonds. The van der Waals surface area contributed by atoms with Gasteiger partial charge in [-0.05, 0) is 50.2 Å². The van der Waals surface area contributed by atoms with Gasteiger partial charge in [-0.3, -0.25) is 4.79 Å². The van der Waals surface area contributed by atoms with Crippen LogP contribution >= 0.6 is 0 Å². The van der Waals surface area contributed by atoms with Gasteiger partial charge in [-0.15, -0.1) is 0 Å². The highest BCUT2D eigenvalue weighted by Gasteiger charge is 2.32. The van der Waals surface area contributed by atoms with Crippen molar-refractivity contribution in [3.8, 4) is 0 Å². The van der Waals surface area contributed by atoms with Gasteiger partial charge >= 0.3 is 0 Å². The van der Waals surface area contributed by atoms with Crippen LogP contribution in [0, 0.1) is 6.92 Å². The Kier molecular flexibility index (Phi) is 6.68. The Morgan fingerprint density at radius 1 is 0.963 bits per heavy atom. The summed E-state index contributed by atoms with van der Waals surface area (Å²) >= 11 is 0. The Balaban J connectivity index is 1.78. The van der Waals surface area contributed by atoms with Crippen molar-refractivity contribution in [2.24, 2.45) is 0 Å². The lowest BCUT2D eigenvalue weighted by atomic mass is 10.1. The average molecular weight is 366 g/mol. The maximum atomic E-state index is 13.1. The molecule has 1 aliphatic heterocycles. The molecule has 3 rings (SSSR count). The summed E-state index contributed by atoms with van der Waals surface area (Å²) in [7, 11) is 0. The Morgan fingerprint density at radius 3 is 2.33 bits per heavy atom. The van der Waals surface area contributed by atoms with Crippen molar-refractivity contribution < 1.29 is 9.28 Å². The molecule has 0 unspecified atom stereocenters. The zero-order valence-corrected chi connectivity index (χ0v) is 16.8. The molecule has 0 bridgehead atoms. The van der Waals surface area contributed by atoms with Crippen LogP contribution in [0.1, 0.15) is 49.3 Å². The number of benzene rings is 2. The second kappa shape index (κ2) is 9.18. The van der Waals surface area contributed by atoms with Gasteiger partial charge in [-0.1, -0.05) is 55.5 Å². The van der Waals surface area contributed by atoms with Crippen LogP contribution < -0.4 is 5.32 Å². The zero-order chi connectivity index (χ0) is 19.1. The Bertz CT molecular complexity index is 746. The molecule has 2 aromatic rings. The molecule has 0 aromatic heterocycles. The summed E-state index contributed by atoms with van der Waals surface area (Å²) < 4.78 is 0.878. The number of carbonyl (C=O) groups is 1. The SMILES string of the molecule is CCc1cccc(C)c1NC(=O)C[N+]1(Cc2ccccc2)CCCCCC1. The summed E-state index contributed by atoms with van der Waals surface area (Å²) in [4.78, 5) is 13.1. The van der Waals surface area contributed by atoms with Crippen LogP contribution in [-0.2, 0) is 17.8 Å². The smallest absolute Gasteiger partial charge is 0.279 e. The first-order chi connectivity index (χ1) is 13.1. The number of para-hydroxylation sites is 1. The van der Waals surface area contributed by atoms with Crippen molar-refractivity contribution in [3.63, 3.8) is 0 Å². The third-order valence-corrected chi connectivity index (χ3v) is 5.86. The number of hydrogen-bond acceptors (Lipinski definition) is 1. The molecule has 0 spiro atoms. The van der Waals surface area contributed by atoms with Gasteiger partial charge in [0.1, 0.15) is 6.54 Å². The van der Waals surface area contributed by atoms with Crippen LogP contribution in [0.3, 0.4) is 0 Å². The summed E-state index contributed by atoms with van der Waals surface area (Å²) in [5, 5.41) is 3.25. The summed E-state index contributed by atoms with van der Waals surface area (Å²) in [5.41, 5.74) is 4.71. The number of rotatable bonds is 6. The summed E-state index contributed by atoms with van der Waals surface area (Å²) in [6.45, 7) is 7.92. The third kappa shape index (κ3) is 5.20. The fourth-order valence-corrected chi connectivity index (χ4v) is 4.39. The fourth-order valence-electron chi connectivity index (χ4n) is 4.39. The normalized spacial score (nSPS) is 16.5. The molecule has 2 aromatic carbocycles. The Morgan fingerprint density at radius 2 is 1.67 bits per heavy atom. The van der Waals surface area contributed by atoms with E-state index in [1.807, 2.05) is 0 Å². The van der Waals surface area contributed by atoms with E-state index in [9.17, 15) is 4.79 Å². The van der Waals surface area contributed by atoms with E-state index in [1.54, 1.807) is 0 Å². The molecular weight excluding hydrogens is 332 g/mol. The summed E-state index contributed by atoms with van der Waals surface area (Å²) in [6.07, 6.45) is 5.93. The minimum atomic E-state index is 0.150. The number of quaternary nitrogens is 1. The van der Waals surface area contributed by atoms with Crippen molar-refractivity contribution in [1.82, 2.24) is 0 Å². The highest BCUT2D eigenvalue weighted by atomic mass is 16.2. The van der Waals surface area contributed by atoms with Crippen molar-refractivity contribution in [2.75, 3.05) is 25.0 Å². The molecule has 0 aliphatic carbocycles. The zero-order valence-electron chi connectivity index (χ0n) is 16.8. The second-order valence-electron chi connectivity index (χ2n) is 8.02. The molecule has 1 fully saturated rings. The van der Waals surface area contributed by atoms with E-state index in [0.717, 1.165) is 41.8 Å². The predicted molar refractivity (Wildman–Crippen MR) is 113 cm³/mol. The standard InChI is InChI=1S/C24H32N2O/c1-3-22-15-11-12-20(2)24(22)25-23(27)19-26(16-9-4-5-10-17-26)18-21-13-7-6-8-14-21/h6-8,11-15H,3-5,9-10,16-19H2,1-2H3/p+1. The fraction of sp³-hybridized carbons (Fsp3) is 0.458. The van der Waals surface area contributed by atoms with Gasteiger partial charge in [0, 0.05) is 11.3 Å². The van der Waals surface area contributed by atoms with Gasteiger partial charge in [0.05, 0.1) is 13.1 Å². The van der Waals surface area contributed by atoms with Crippen LogP contribution in [0.5, 0.6) is 0 Å². The van der Waals surface area contributed by atoms with Crippen molar-refractivity contribution in [1.29, 1.82) is 0 Å². The lowest BCUT2D eigenvalue weighted by Gasteiger charge is -2.37. The highest BCUT2D eigenvalue weighted by molar-refractivity contribution is 5.93. The molecular formula is C24H33N2O+. The first-order valence-corrected chi connectivity index (χ1v) is 10.4. The maximum Gasteiger partial charge on any atom is 0.279 e. The number of nitrogens with one attached hydrogen (secondary N) is 1. The molecule has 0 saturated carbocycles. The number of hydrogen-bond donors (Lipinski definition) is 1. The first kappa shape index (κ1) is 19.6. The number of aryl methyl sites for hydroxylation is 2. The van der Waals surface area contributed by atoms with E-state index >= 15 is 0 Å². The van der Waals surface area contributed by atoms with Gasteiger partial charge in [0.25, 0.3) is 5.91 Å². The number of anilines is 1. The molecule has 3 nitrogen and oxygen atoms in total. The summed E-state index contributed by atoms with van der Waals surface area (Å²) in [6, 6.07) is 16.9. The van der Waals surface area contributed by atoms with Crippen LogP contribution in [0.25, 0.3) is 0 Å². The van der Waals surface area contributed by atoms with E-state index in [2.05, 4.69) is 67.7 Å². The number of amides is 1. The molecule has 1 aliphatic rings. The predicted octanol–water partition coefficient (Wildman–Crippen LogP) is 5.09. The molecule has 1 saturated heterocycles. The monoisotopic (exact) mass is 365 g/mol. The van der Waals surface area contributed by atoms with Gasteiger partial charge < -0.3 is 9.80 Å². The van der Waals surface area contributed by atoms with E-state index in [1.165, 1.54) is 36.8 Å². The second-order valence-corrected chi connectivity index (χ2v) is 8.02. The Labute approximate surface area is 164 Å². The summed E-state index contributed by atoms with van der Waals surface area (Å²) in [5.74, 6) is 0.150. The molecule has 1 N–H and O–H groups in total. The molecule has 27 heavy (non-hydrogen) atoms. The number of nitrogens with zero attached hydrogens (tertiary/aromatic N) is 1. The highest BCUT2D eigenvalue weighted by Crippen LogP contribution is 2.24. The number of likely N-dealkylation sites (tertiary alicyclic amines) is 1. The molecule has 0 atom stereocenters. The number of carbonyl (C=O) groups excluding carboxylic acids is 1. The molecule has 144 valence electrons. The lowest BCUT2D eigenvalue weighted by molar-refractivity contribution is -0.932. The van der Waals surface area contributed by atoms with Crippen LogP contribution in [0.2, 0.25) is 0 Å². The van der Waals surface area contributed by atoms with Gasteiger partial charge in [-0.2, -0.15) is 0 Å². The topological polar surface area (TPSA) is 29.1 Å². The van der Waals surface area contributed by atoms with Crippen molar-refractivity contribution in [3.05, 3.63) is 65.2 Å². The van der Waals surface area contributed by atoms with Gasteiger partial charge in [0.2, 0.25) is 0 Å². The van der Waals surface area contributed by atoms with Gasteiger partial charge in [0.15, 0.2) is 6.54 Å². The van der Waals surface area contributed by atoms with E-state index in [-0.39, 0.29) is 5.91 Å². The molecule has 1 heterocycles. The maximum absolute atomic E-state index is 13.1. The molecule has 0 radical (unpaired) electrons. The van der Waals surface area contributed by atoms with Crippen LogP contribution in [0.15, 0.2) is 48.5 Å². The van der Waals surface area contributed by atoms with E-state index in [4.69, 9.17) is 0 Å². The minimum Gasteiger partial charge on any atom is -0.321 e. The molecule has 3 heteroatoms. The van der Waals surface area contributed by atoms with E-state index < -0.39 is 0 Å². The Hall–Kier alpha value is -2.13. The van der Waals surface area contributed by atoms with Crippen molar-refractivity contribution >= 4 is 11.6 Å². The lowest BCUT2D eigenvalue weighted by Crippen LogP contribution is -2.52. The van der Waals surface area contributed by atoms with E-state index in [0.29, 0.717) is 6.54 Å². The first-order valence-electron chi connectivity index (χ1n) is 10.4. The van der Waals surface area contributed by atoms with Crippen LogP contribution in [-0.4, -0.2) is 30.0 Å². The van der Waals surface area contributed by atoms with Crippen LogP contribution in [0.4, 0.5) is 5.69 Å². The largest absolute Gasteiger partial charge is 0.321 e. The minimum absolute atomic E-state index is 0.150. The third-order valence-electron chi connectivity index (χ3n) is 5.86. The van der Waals surface area contributed by atoms with Gasteiger partial charge in [-0.25, -0.2) is 0 Å². The average Bonchev–Trinajstić information content (AvgIpc) is 2.89. The van der Waals surface area contributed by atoms with Crippen molar-refractivity contribution in [2.45, 2.75) is 52.5 Å². The quantitative estimate of drug-likeness (QED) is 0.710.